The molecule has 0 atom stereocenters. The molecule has 2 aromatic rings. The third-order valence-corrected chi connectivity index (χ3v) is 4.33. The maximum absolute atomic E-state index is 12.4. The predicted octanol–water partition coefficient (Wildman–Crippen LogP) is 4.32. The molecule has 1 N–H and O–H groups in total. The number of nitrogens with zero attached hydrogens (tertiary/aromatic N) is 1. The molecule has 2 rings (SSSR count). The van der Waals surface area contributed by atoms with Crippen LogP contribution in [-0.4, -0.2) is 24.1 Å². The molecular formula is C17H22N2O3S. The smallest absolute Gasteiger partial charge is 0.257 e. The van der Waals surface area contributed by atoms with Gasteiger partial charge in [-0.25, -0.2) is 4.98 Å². The van der Waals surface area contributed by atoms with Crippen molar-refractivity contribution in [3.63, 3.8) is 0 Å². The van der Waals surface area contributed by atoms with E-state index in [1.54, 1.807) is 24.4 Å². The van der Waals surface area contributed by atoms with E-state index in [-0.39, 0.29) is 5.91 Å². The van der Waals surface area contributed by atoms with E-state index in [9.17, 15) is 4.79 Å². The van der Waals surface area contributed by atoms with Gasteiger partial charge in [0.05, 0.1) is 13.2 Å². The minimum atomic E-state index is -0.210. The van der Waals surface area contributed by atoms with Crippen LogP contribution in [0.1, 0.15) is 48.8 Å². The van der Waals surface area contributed by atoms with Gasteiger partial charge in [0, 0.05) is 16.6 Å². The summed E-state index contributed by atoms with van der Waals surface area (Å²) in [4.78, 5) is 17.8. The molecule has 0 aliphatic rings. The number of hydrogen-bond donors (Lipinski definition) is 1. The Morgan fingerprint density at radius 3 is 2.52 bits per heavy atom. The van der Waals surface area contributed by atoms with Gasteiger partial charge in [0.25, 0.3) is 5.91 Å². The van der Waals surface area contributed by atoms with E-state index < -0.39 is 0 Å². The van der Waals surface area contributed by atoms with Crippen molar-refractivity contribution in [3.05, 3.63) is 34.8 Å². The minimum absolute atomic E-state index is 0.210. The summed E-state index contributed by atoms with van der Waals surface area (Å²) in [5.74, 6) is 1.40. The van der Waals surface area contributed by atoms with Crippen LogP contribution in [0.15, 0.2) is 24.4 Å². The van der Waals surface area contributed by atoms with Crippen molar-refractivity contribution in [2.75, 3.05) is 18.5 Å². The first-order valence-electron chi connectivity index (χ1n) is 7.71. The molecule has 0 unspecified atom stereocenters. The fourth-order valence-corrected chi connectivity index (χ4v) is 2.79. The first kappa shape index (κ1) is 17.3. The van der Waals surface area contributed by atoms with Crippen molar-refractivity contribution < 1.29 is 14.3 Å². The van der Waals surface area contributed by atoms with E-state index in [2.05, 4.69) is 24.1 Å². The Kier molecular flexibility index (Phi) is 5.98. The zero-order valence-electron chi connectivity index (χ0n) is 13.9. The quantitative estimate of drug-likeness (QED) is 0.819. The summed E-state index contributed by atoms with van der Waals surface area (Å²) < 4.78 is 11.1. The number of nitrogens with one attached hydrogen (secondary N) is 1. The fourth-order valence-electron chi connectivity index (χ4n) is 1.97. The zero-order chi connectivity index (χ0) is 16.8. The van der Waals surface area contributed by atoms with E-state index in [4.69, 9.17) is 9.47 Å². The number of thiazole rings is 1. The van der Waals surface area contributed by atoms with Gasteiger partial charge in [0.1, 0.15) is 0 Å². The lowest BCUT2D eigenvalue weighted by molar-refractivity contribution is 0.102. The Hall–Kier alpha value is -2.08. The molecule has 23 heavy (non-hydrogen) atoms. The highest BCUT2D eigenvalue weighted by Gasteiger charge is 2.14. The van der Waals surface area contributed by atoms with Gasteiger partial charge in [-0.15, -0.1) is 11.3 Å². The van der Waals surface area contributed by atoms with Gasteiger partial charge >= 0.3 is 0 Å². The Morgan fingerprint density at radius 2 is 1.91 bits per heavy atom. The Balaban J connectivity index is 2.16. The highest BCUT2D eigenvalue weighted by Crippen LogP contribution is 2.30. The van der Waals surface area contributed by atoms with Crippen LogP contribution in [0.4, 0.5) is 5.13 Å². The van der Waals surface area contributed by atoms with Crippen LogP contribution in [0.3, 0.4) is 0 Å². The summed E-state index contributed by atoms with van der Waals surface area (Å²) in [6, 6.07) is 5.17. The molecule has 0 saturated heterocycles. The van der Waals surface area contributed by atoms with Crippen molar-refractivity contribution in [2.24, 2.45) is 0 Å². The van der Waals surface area contributed by atoms with Crippen LogP contribution in [0.25, 0.3) is 0 Å². The summed E-state index contributed by atoms with van der Waals surface area (Å²) in [6.07, 6.45) is 1.80. The number of rotatable bonds is 7. The Bertz CT molecular complexity index is 668. The summed E-state index contributed by atoms with van der Waals surface area (Å²) in [5.41, 5.74) is 0.512. The molecule has 0 bridgehead atoms. The lowest BCUT2D eigenvalue weighted by Gasteiger charge is -2.12. The molecule has 0 spiro atoms. The molecule has 1 aromatic heterocycles. The maximum Gasteiger partial charge on any atom is 0.257 e. The lowest BCUT2D eigenvalue weighted by Crippen LogP contribution is -2.12. The van der Waals surface area contributed by atoms with Crippen molar-refractivity contribution in [1.82, 2.24) is 4.98 Å². The molecule has 0 fully saturated rings. The minimum Gasteiger partial charge on any atom is -0.490 e. The molecule has 5 nitrogen and oxygen atoms in total. The standard InChI is InChI=1S/C17H22N2O3S/c1-5-21-13-8-7-12(9-14(13)22-6-2)16(20)19-17-18-10-15(23-17)11(3)4/h7-11H,5-6H2,1-4H3,(H,18,19,20). The van der Waals surface area contributed by atoms with E-state index in [1.165, 1.54) is 11.3 Å². The first-order chi connectivity index (χ1) is 11.0. The average Bonchev–Trinajstić information content (AvgIpc) is 2.98. The molecule has 0 radical (unpaired) electrons. The van der Waals surface area contributed by atoms with Crippen LogP contribution in [0.2, 0.25) is 0 Å². The first-order valence-corrected chi connectivity index (χ1v) is 8.53. The third kappa shape index (κ3) is 4.45. The average molecular weight is 334 g/mol. The number of benzene rings is 1. The van der Waals surface area contributed by atoms with Gasteiger partial charge in [-0.3, -0.25) is 10.1 Å². The van der Waals surface area contributed by atoms with E-state index in [0.29, 0.717) is 41.3 Å². The van der Waals surface area contributed by atoms with Crippen LogP contribution in [-0.2, 0) is 0 Å². The molecule has 0 saturated carbocycles. The monoisotopic (exact) mass is 334 g/mol. The van der Waals surface area contributed by atoms with Gasteiger partial charge in [0.15, 0.2) is 16.6 Å². The molecule has 0 aliphatic heterocycles. The lowest BCUT2D eigenvalue weighted by atomic mass is 10.2. The Morgan fingerprint density at radius 1 is 1.22 bits per heavy atom. The highest BCUT2D eigenvalue weighted by molar-refractivity contribution is 7.15. The molecule has 6 heteroatoms. The summed E-state index contributed by atoms with van der Waals surface area (Å²) >= 11 is 1.49. The van der Waals surface area contributed by atoms with Crippen LogP contribution < -0.4 is 14.8 Å². The van der Waals surface area contributed by atoms with Gasteiger partial charge in [-0.1, -0.05) is 13.8 Å². The van der Waals surface area contributed by atoms with Crippen LogP contribution in [0, 0.1) is 0 Å². The molecule has 1 heterocycles. The van der Waals surface area contributed by atoms with E-state index >= 15 is 0 Å². The number of carbonyl (C=O) groups excluding carboxylic acids is 1. The zero-order valence-corrected chi connectivity index (χ0v) is 14.7. The summed E-state index contributed by atoms with van der Waals surface area (Å²) in [6.45, 7) is 9.05. The van der Waals surface area contributed by atoms with Crippen molar-refractivity contribution >= 4 is 22.4 Å². The number of aromatic nitrogens is 1. The predicted molar refractivity (Wildman–Crippen MR) is 92.9 cm³/mol. The highest BCUT2D eigenvalue weighted by atomic mass is 32.1. The van der Waals surface area contributed by atoms with Crippen molar-refractivity contribution in [2.45, 2.75) is 33.6 Å². The number of anilines is 1. The normalized spacial score (nSPS) is 10.7. The van der Waals surface area contributed by atoms with E-state index in [0.717, 1.165) is 4.88 Å². The van der Waals surface area contributed by atoms with Crippen LogP contribution in [0.5, 0.6) is 11.5 Å². The van der Waals surface area contributed by atoms with Gasteiger partial charge in [-0.05, 0) is 38.0 Å². The Labute approximate surface area is 140 Å². The van der Waals surface area contributed by atoms with Crippen molar-refractivity contribution in [3.8, 4) is 11.5 Å². The summed E-state index contributed by atoms with van der Waals surface area (Å²) in [7, 11) is 0. The topological polar surface area (TPSA) is 60.5 Å². The molecular weight excluding hydrogens is 312 g/mol. The second-order valence-electron chi connectivity index (χ2n) is 5.20. The van der Waals surface area contributed by atoms with Crippen LogP contribution >= 0.6 is 11.3 Å². The number of ether oxygens (including phenoxy) is 2. The van der Waals surface area contributed by atoms with Gasteiger partial charge < -0.3 is 9.47 Å². The largest absolute Gasteiger partial charge is 0.490 e. The fraction of sp³-hybridized carbons (Fsp3) is 0.412. The van der Waals surface area contributed by atoms with E-state index in [1.807, 2.05) is 13.8 Å². The molecule has 0 aliphatic carbocycles. The second-order valence-corrected chi connectivity index (χ2v) is 6.27. The SMILES string of the molecule is CCOc1ccc(C(=O)Nc2ncc(C(C)C)s2)cc1OCC. The maximum atomic E-state index is 12.4. The number of hydrogen-bond acceptors (Lipinski definition) is 5. The van der Waals surface area contributed by atoms with Gasteiger partial charge in [0.2, 0.25) is 0 Å². The molecule has 1 amide bonds. The molecule has 1 aromatic carbocycles. The molecule has 124 valence electrons. The van der Waals surface area contributed by atoms with Crippen molar-refractivity contribution in [1.29, 1.82) is 0 Å². The third-order valence-electron chi connectivity index (χ3n) is 3.12. The summed E-state index contributed by atoms with van der Waals surface area (Å²) in [5, 5.41) is 3.43. The second kappa shape index (κ2) is 7.97. The number of carbonyl (C=O) groups is 1. The number of amides is 1. The van der Waals surface area contributed by atoms with Gasteiger partial charge in [-0.2, -0.15) is 0 Å².